The predicted molar refractivity (Wildman–Crippen MR) is 70.0 cm³/mol. The van der Waals surface area contributed by atoms with Gasteiger partial charge in [-0.2, -0.15) is 8.75 Å². The summed E-state index contributed by atoms with van der Waals surface area (Å²) in [5, 5.41) is 0. The van der Waals surface area contributed by atoms with Gasteiger partial charge >= 0.3 is 0 Å². The Kier molecular flexibility index (Phi) is 4.85. The smallest absolute Gasteiger partial charge is 0.125 e. The third kappa shape index (κ3) is 2.76. The highest BCUT2D eigenvalue weighted by molar-refractivity contribution is 7.00. The monoisotopic (exact) mass is 236 g/mol. The molecular weight excluding hydrogens is 220 g/mol. The lowest BCUT2D eigenvalue weighted by Crippen LogP contribution is -2.13. The van der Waals surface area contributed by atoms with Gasteiger partial charge in [-0.05, 0) is 25.1 Å². The maximum atomic E-state index is 5.77. The minimum absolute atomic E-state index is 0.558. The lowest BCUT2D eigenvalue weighted by molar-refractivity contribution is 1.12. The number of aromatic nitrogens is 2. The van der Waals surface area contributed by atoms with Crippen molar-refractivity contribution >= 4 is 28.6 Å². The van der Waals surface area contributed by atoms with Crippen LogP contribution in [0, 0.1) is 0 Å². The second-order valence-corrected chi connectivity index (χ2v) is 3.36. The molecule has 5 heteroatoms. The zero-order valence-corrected chi connectivity index (χ0v) is 10.6. The number of nitrogens with zero attached hydrogens (tertiary/aromatic N) is 3. The predicted octanol–water partition coefficient (Wildman–Crippen LogP) is 2.44. The van der Waals surface area contributed by atoms with E-state index in [1.807, 2.05) is 39.0 Å². The van der Waals surface area contributed by atoms with Gasteiger partial charge in [0.1, 0.15) is 16.9 Å². The van der Waals surface area contributed by atoms with Crippen LogP contribution in [0.3, 0.4) is 0 Å². The zero-order chi connectivity index (χ0) is 12.0. The molecule has 0 aliphatic carbocycles. The van der Waals surface area contributed by atoms with Crippen molar-refractivity contribution in [1.29, 1.82) is 0 Å². The molecule has 1 aromatic carbocycles. The van der Waals surface area contributed by atoms with E-state index < -0.39 is 0 Å². The highest BCUT2D eigenvalue weighted by Gasteiger charge is 2.02. The van der Waals surface area contributed by atoms with Gasteiger partial charge in [0.2, 0.25) is 0 Å². The molecule has 0 aliphatic heterocycles. The zero-order valence-electron chi connectivity index (χ0n) is 9.77. The Balaban J connectivity index is 0.000000606. The molecular formula is C11H16N4S. The number of amidine groups is 1. The van der Waals surface area contributed by atoms with Gasteiger partial charge in [-0.25, -0.2) is 0 Å². The minimum Gasteiger partial charge on any atom is -0.384 e. The van der Waals surface area contributed by atoms with E-state index in [1.165, 1.54) is 11.7 Å². The molecule has 1 aromatic heterocycles. The van der Waals surface area contributed by atoms with Crippen LogP contribution in [0.15, 0.2) is 23.2 Å². The van der Waals surface area contributed by atoms with Crippen LogP contribution in [0.4, 0.5) is 0 Å². The van der Waals surface area contributed by atoms with Gasteiger partial charge in [-0.3, -0.25) is 4.99 Å². The highest BCUT2D eigenvalue weighted by Crippen LogP contribution is 2.13. The van der Waals surface area contributed by atoms with Crippen molar-refractivity contribution in [3.63, 3.8) is 0 Å². The molecule has 0 fully saturated rings. The molecule has 4 nitrogen and oxygen atoms in total. The first-order chi connectivity index (χ1) is 7.81. The molecule has 86 valence electrons. The van der Waals surface area contributed by atoms with E-state index in [0.29, 0.717) is 12.4 Å². The average molecular weight is 236 g/mol. The Morgan fingerprint density at radius 1 is 1.31 bits per heavy atom. The van der Waals surface area contributed by atoms with Crippen LogP contribution < -0.4 is 5.73 Å². The molecule has 2 N–H and O–H groups in total. The van der Waals surface area contributed by atoms with Crippen molar-refractivity contribution in [2.45, 2.75) is 20.8 Å². The van der Waals surface area contributed by atoms with Crippen LogP contribution in [0.25, 0.3) is 11.0 Å². The van der Waals surface area contributed by atoms with Crippen LogP contribution in [-0.4, -0.2) is 21.1 Å². The highest BCUT2D eigenvalue weighted by atomic mass is 32.1. The summed E-state index contributed by atoms with van der Waals surface area (Å²) >= 11 is 1.21. The topological polar surface area (TPSA) is 64.2 Å². The first-order valence-corrected chi connectivity index (χ1v) is 6.07. The second kappa shape index (κ2) is 6.17. The summed E-state index contributed by atoms with van der Waals surface area (Å²) in [4.78, 5) is 4.14. The van der Waals surface area contributed by atoms with Crippen LogP contribution in [0.2, 0.25) is 0 Å². The second-order valence-electron chi connectivity index (χ2n) is 2.83. The molecule has 0 aliphatic rings. The summed E-state index contributed by atoms with van der Waals surface area (Å²) in [6.45, 7) is 6.65. The molecule has 2 rings (SSSR count). The van der Waals surface area contributed by atoms with Gasteiger partial charge in [-0.1, -0.05) is 13.8 Å². The summed E-state index contributed by atoms with van der Waals surface area (Å²) in [5.74, 6) is 0.558. The Bertz CT molecular complexity index is 476. The van der Waals surface area contributed by atoms with E-state index in [-0.39, 0.29) is 0 Å². The van der Waals surface area contributed by atoms with Gasteiger partial charge in [-0.15, -0.1) is 0 Å². The van der Waals surface area contributed by atoms with Crippen molar-refractivity contribution in [2.75, 3.05) is 6.54 Å². The number of rotatable bonds is 2. The quantitative estimate of drug-likeness (QED) is 0.643. The van der Waals surface area contributed by atoms with E-state index in [4.69, 9.17) is 5.73 Å². The van der Waals surface area contributed by atoms with E-state index in [9.17, 15) is 0 Å². The Morgan fingerprint density at radius 2 is 2.00 bits per heavy atom. The van der Waals surface area contributed by atoms with Crippen LogP contribution in [-0.2, 0) is 0 Å². The van der Waals surface area contributed by atoms with Gasteiger partial charge in [0, 0.05) is 12.1 Å². The van der Waals surface area contributed by atoms with Crippen molar-refractivity contribution in [3.05, 3.63) is 23.8 Å². The van der Waals surface area contributed by atoms with Gasteiger partial charge in [0.25, 0.3) is 0 Å². The first kappa shape index (κ1) is 12.6. The molecule has 0 saturated carbocycles. The minimum atomic E-state index is 0.558. The molecule has 0 bridgehead atoms. The molecule has 0 atom stereocenters. The van der Waals surface area contributed by atoms with Gasteiger partial charge in [0.15, 0.2) is 0 Å². The number of hydrogen-bond donors (Lipinski definition) is 1. The fourth-order valence-electron chi connectivity index (χ4n) is 1.20. The fraction of sp³-hybridized carbons (Fsp3) is 0.364. The molecule has 1 heterocycles. The Labute approximate surface area is 99.5 Å². The van der Waals surface area contributed by atoms with E-state index in [1.54, 1.807) is 0 Å². The third-order valence-electron chi connectivity index (χ3n) is 1.88. The molecule has 2 aromatic rings. The van der Waals surface area contributed by atoms with E-state index in [2.05, 4.69) is 13.7 Å². The van der Waals surface area contributed by atoms with Gasteiger partial charge < -0.3 is 5.73 Å². The summed E-state index contributed by atoms with van der Waals surface area (Å²) < 4.78 is 8.26. The van der Waals surface area contributed by atoms with Crippen LogP contribution in [0.5, 0.6) is 0 Å². The molecule has 0 unspecified atom stereocenters. The normalized spacial score (nSPS) is 11.1. The number of aliphatic imine (C=N–C) groups is 1. The third-order valence-corrected chi connectivity index (χ3v) is 2.43. The number of fused-ring (bicyclic) bond motifs is 1. The first-order valence-electron chi connectivity index (χ1n) is 5.34. The SMILES string of the molecule is CC.CCN=C(N)c1ccc2nsnc2c1. The van der Waals surface area contributed by atoms with Crippen molar-refractivity contribution in [1.82, 2.24) is 8.75 Å². The molecule has 0 radical (unpaired) electrons. The van der Waals surface area contributed by atoms with Gasteiger partial charge in [0.05, 0.1) is 11.7 Å². The molecule has 16 heavy (non-hydrogen) atoms. The van der Waals surface area contributed by atoms with Crippen molar-refractivity contribution in [3.8, 4) is 0 Å². The maximum Gasteiger partial charge on any atom is 0.125 e. The van der Waals surface area contributed by atoms with E-state index in [0.717, 1.165) is 16.6 Å². The van der Waals surface area contributed by atoms with Crippen molar-refractivity contribution < 1.29 is 0 Å². The van der Waals surface area contributed by atoms with Crippen LogP contribution >= 0.6 is 11.7 Å². The standard InChI is InChI=1S/C9H10N4S.C2H6/c1-2-11-9(10)6-3-4-7-8(5-6)13-14-12-7;1-2/h3-5H,2H2,1H3,(H2,10,11);1-2H3. The Morgan fingerprint density at radius 3 is 2.69 bits per heavy atom. The number of hydrogen-bond acceptors (Lipinski definition) is 4. The molecule has 0 saturated heterocycles. The van der Waals surface area contributed by atoms with E-state index >= 15 is 0 Å². The summed E-state index contributed by atoms with van der Waals surface area (Å²) in [5.41, 5.74) is 8.46. The molecule has 0 spiro atoms. The Hall–Kier alpha value is -1.49. The summed E-state index contributed by atoms with van der Waals surface area (Å²) in [7, 11) is 0. The average Bonchev–Trinajstić information content (AvgIpc) is 2.79. The molecule has 0 amide bonds. The number of nitrogens with two attached hydrogens (primary N) is 1. The maximum absolute atomic E-state index is 5.77. The summed E-state index contributed by atoms with van der Waals surface area (Å²) in [6.07, 6.45) is 0. The lowest BCUT2D eigenvalue weighted by atomic mass is 10.2. The van der Waals surface area contributed by atoms with Crippen molar-refractivity contribution in [2.24, 2.45) is 10.7 Å². The largest absolute Gasteiger partial charge is 0.384 e. The summed E-state index contributed by atoms with van der Waals surface area (Å²) in [6, 6.07) is 5.73. The number of benzene rings is 1. The lowest BCUT2D eigenvalue weighted by Gasteiger charge is -1.98. The van der Waals surface area contributed by atoms with Crippen LogP contribution in [0.1, 0.15) is 26.3 Å². The fourth-order valence-corrected chi connectivity index (χ4v) is 1.72.